The molecule has 0 saturated carbocycles. The van der Waals surface area contributed by atoms with Gasteiger partial charge in [0.15, 0.2) is 11.5 Å². The average Bonchev–Trinajstić information content (AvgIpc) is 2.96. The number of pyridine rings is 1. The number of rotatable bonds is 6. The molecule has 0 radical (unpaired) electrons. The quantitative estimate of drug-likeness (QED) is 0.809. The van der Waals surface area contributed by atoms with Gasteiger partial charge in [0.1, 0.15) is 12.4 Å². The number of fused-ring (bicyclic) bond motifs is 1. The lowest BCUT2D eigenvalue weighted by Gasteiger charge is -2.35. The van der Waals surface area contributed by atoms with Gasteiger partial charge in [-0.15, -0.1) is 0 Å². The molecule has 1 saturated heterocycles. The number of aliphatic hydroxyl groups is 1. The zero-order valence-corrected chi connectivity index (χ0v) is 17.0. The average molecular weight is 396 g/mol. The van der Waals surface area contributed by atoms with E-state index in [9.17, 15) is 5.11 Å². The van der Waals surface area contributed by atoms with Crippen molar-refractivity contribution >= 4 is 5.82 Å². The molecule has 0 amide bonds. The van der Waals surface area contributed by atoms with Crippen LogP contribution in [0.25, 0.3) is 0 Å². The van der Waals surface area contributed by atoms with Gasteiger partial charge in [-0.3, -0.25) is 4.90 Å². The maximum absolute atomic E-state index is 10.6. The summed E-state index contributed by atoms with van der Waals surface area (Å²) in [6.07, 6.45) is 4.76. The summed E-state index contributed by atoms with van der Waals surface area (Å²) in [7, 11) is 0. The van der Waals surface area contributed by atoms with Crippen LogP contribution < -0.4 is 14.4 Å². The van der Waals surface area contributed by atoms with Gasteiger partial charge in [-0.1, -0.05) is 12.1 Å². The third-order valence-corrected chi connectivity index (χ3v) is 5.49. The number of nitrogens with zero attached hydrogens (tertiary/aromatic N) is 3. The van der Waals surface area contributed by atoms with E-state index in [4.69, 9.17) is 9.47 Å². The Morgan fingerprint density at radius 2 is 1.97 bits per heavy atom. The Morgan fingerprint density at radius 1 is 1.10 bits per heavy atom. The second kappa shape index (κ2) is 9.29. The van der Waals surface area contributed by atoms with E-state index in [0.29, 0.717) is 12.4 Å². The van der Waals surface area contributed by atoms with Crippen LogP contribution in [-0.4, -0.2) is 54.3 Å². The molecule has 2 aliphatic rings. The van der Waals surface area contributed by atoms with Crippen LogP contribution in [0.3, 0.4) is 0 Å². The first-order chi connectivity index (χ1) is 14.2. The molecule has 2 aliphatic heterocycles. The maximum atomic E-state index is 10.6. The molecule has 3 heterocycles. The summed E-state index contributed by atoms with van der Waals surface area (Å²) in [5.74, 6) is 2.45. The molecule has 0 bridgehead atoms. The number of hydrogen-bond acceptors (Lipinski definition) is 6. The van der Waals surface area contributed by atoms with Crippen LogP contribution in [0.1, 0.15) is 31.4 Å². The molecule has 1 N–H and O–H groups in total. The topological polar surface area (TPSA) is 58.1 Å². The van der Waals surface area contributed by atoms with Gasteiger partial charge in [0.05, 0.1) is 12.4 Å². The molecule has 4 rings (SSSR count). The summed E-state index contributed by atoms with van der Waals surface area (Å²) in [5.41, 5.74) is 1.91. The highest BCUT2D eigenvalue weighted by molar-refractivity contribution is 5.45. The second-order valence-electron chi connectivity index (χ2n) is 7.75. The van der Waals surface area contributed by atoms with Gasteiger partial charge < -0.3 is 19.5 Å². The van der Waals surface area contributed by atoms with Gasteiger partial charge in [0.25, 0.3) is 0 Å². The lowest BCUT2D eigenvalue weighted by Crippen LogP contribution is -2.46. The summed E-state index contributed by atoms with van der Waals surface area (Å²) >= 11 is 0. The molecule has 29 heavy (non-hydrogen) atoms. The van der Waals surface area contributed by atoms with Crippen LogP contribution >= 0.6 is 0 Å². The Labute approximate surface area is 172 Å². The van der Waals surface area contributed by atoms with Crippen molar-refractivity contribution in [3.8, 4) is 11.5 Å². The van der Waals surface area contributed by atoms with E-state index in [-0.39, 0.29) is 0 Å². The molecule has 1 unspecified atom stereocenters. The minimum atomic E-state index is -0.493. The van der Waals surface area contributed by atoms with Gasteiger partial charge in [-0.05, 0) is 61.7 Å². The van der Waals surface area contributed by atoms with E-state index in [1.165, 1.54) is 0 Å². The van der Waals surface area contributed by atoms with E-state index in [2.05, 4.69) is 20.9 Å². The van der Waals surface area contributed by atoms with Crippen LogP contribution in [-0.2, 0) is 0 Å². The van der Waals surface area contributed by atoms with E-state index in [1.807, 2.05) is 43.5 Å². The molecule has 0 aliphatic carbocycles. The molecule has 1 fully saturated rings. The predicted molar refractivity (Wildman–Crippen MR) is 113 cm³/mol. The van der Waals surface area contributed by atoms with Gasteiger partial charge in [0.2, 0.25) is 0 Å². The molecule has 6 nitrogen and oxygen atoms in total. The lowest BCUT2D eigenvalue weighted by atomic mass is 10.0. The zero-order valence-electron chi connectivity index (χ0n) is 17.0. The Morgan fingerprint density at radius 3 is 2.76 bits per heavy atom. The number of ether oxygens (including phenoxy) is 2. The normalized spacial score (nSPS) is 18.1. The summed E-state index contributed by atoms with van der Waals surface area (Å²) in [6.45, 7) is 7.55. The molecular formula is C23H29N3O3. The summed E-state index contributed by atoms with van der Waals surface area (Å²) in [6, 6.07) is 11.8. The number of anilines is 1. The van der Waals surface area contributed by atoms with E-state index < -0.39 is 6.10 Å². The largest absolute Gasteiger partial charge is 0.485 e. The molecule has 1 atom stereocenters. The van der Waals surface area contributed by atoms with Crippen molar-refractivity contribution in [1.29, 1.82) is 0 Å². The van der Waals surface area contributed by atoms with Crippen LogP contribution in [0.15, 0.2) is 54.4 Å². The summed E-state index contributed by atoms with van der Waals surface area (Å²) < 4.78 is 11.4. The first kappa shape index (κ1) is 19.7. The molecular weight excluding hydrogens is 366 g/mol. The highest BCUT2D eigenvalue weighted by Crippen LogP contribution is 2.33. The van der Waals surface area contributed by atoms with E-state index >= 15 is 0 Å². The van der Waals surface area contributed by atoms with Gasteiger partial charge in [0, 0.05) is 32.4 Å². The van der Waals surface area contributed by atoms with Gasteiger partial charge in [-0.2, -0.15) is 0 Å². The lowest BCUT2D eigenvalue weighted by molar-refractivity contribution is 0.153. The Bertz CT molecular complexity index is 833. The number of aromatic nitrogens is 1. The minimum absolute atomic E-state index is 0.493. The Kier molecular flexibility index (Phi) is 6.32. The fraction of sp³-hybridized carbons (Fsp3) is 0.435. The number of benzene rings is 1. The van der Waals surface area contributed by atoms with Crippen molar-refractivity contribution in [2.75, 3.05) is 44.2 Å². The first-order valence-corrected chi connectivity index (χ1v) is 10.3. The molecule has 154 valence electrons. The van der Waals surface area contributed by atoms with E-state index in [1.54, 1.807) is 6.26 Å². The first-order valence-electron chi connectivity index (χ1n) is 10.3. The smallest absolute Gasteiger partial charge is 0.168 e. The number of aliphatic hydroxyl groups excluding tert-OH is 1. The molecule has 0 spiro atoms. The van der Waals surface area contributed by atoms with Crippen LogP contribution in [0.4, 0.5) is 5.82 Å². The van der Waals surface area contributed by atoms with Crippen molar-refractivity contribution < 1.29 is 14.6 Å². The highest BCUT2D eigenvalue weighted by atomic mass is 16.5. The number of hydrogen-bond donors (Lipinski definition) is 1. The van der Waals surface area contributed by atoms with Crippen molar-refractivity contribution in [2.24, 2.45) is 0 Å². The standard InChI is InChI=1S/C23H29N3O3/c1-18-16-28-21-8-7-19(15-22(21)29-17-18)20(27)5-4-10-25-11-13-26(14-12-25)23-6-2-3-9-24-23/h2-3,6-9,15,17,20,27H,4-5,10-14,16H2,1H3. The second-order valence-corrected chi connectivity index (χ2v) is 7.75. The molecule has 1 aromatic carbocycles. The third kappa shape index (κ3) is 5.08. The fourth-order valence-corrected chi connectivity index (χ4v) is 3.75. The molecule has 1 aromatic heterocycles. The van der Waals surface area contributed by atoms with Crippen LogP contribution in [0.5, 0.6) is 11.5 Å². The Hall–Kier alpha value is -2.57. The molecule has 2 aromatic rings. The monoisotopic (exact) mass is 395 g/mol. The van der Waals surface area contributed by atoms with Gasteiger partial charge >= 0.3 is 0 Å². The zero-order chi connectivity index (χ0) is 20.1. The van der Waals surface area contributed by atoms with E-state index in [0.717, 1.165) is 68.3 Å². The summed E-state index contributed by atoms with van der Waals surface area (Å²) in [4.78, 5) is 9.24. The molecule has 6 heteroatoms. The number of piperazine rings is 1. The van der Waals surface area contributed by atoms with Gasteiger partial charge in [-0.25, -0.2) is 4.98 Å². The predicted octanol–water partition coefficient (Wildman–Crippen LogP) is 3.39. The maximum Gasteiger partial charge on any atom is 0.168 e. The third-order valence-electron chi connectivity index (χ3n) is 5.49. The van der Waals surface area contributed by atoms with Crippen molar-refractivity contribution in [3.63, 3.8) is 0 Å². The van der Waals surface area contributed by atoms with Crippen molar-refractivity contribution in [2.45, 2.75) is 25.9 Å². The fourth-order valence-electron chi connectivity index (χ4n) is 3.75. The highest BCUT2D eigenvalue weighted by Gasteiger charge is 2.19. The van der Waals surface area contributed by atoms with Crippen molar-refractivity contribution in [1.82, 2.24) is 9.88 Å². The SMILES string of the molecule is CC1=COc2cc(C(O)CCCN3CCN(c4ccccn4)CC3)ccc2OC1. The minimum Gasteiger partial charge on any atom is -0.485 e. The van der Waals surface area contributed by atoms with Crippen LogP contribution in [0.2, 0.25) is 0 Å². The van der Waals surface area contributed by atoms with Crippen molar-refractivity contribution in [3.05, 3.63) is 60.0 Å². The Balaban J connectivity index is 1.23. The summed E-state index contributed by atoms with van der Waals surface area (Å²) in [5, 5.41) is 10.6. The van der Waals surface area contributed by atoms with Crippen LogP contribution in [0, 0.1) is 0 Å².